The summed E-state index contributed by atoms with van der Waals surface area (Å²) in [6, 6.07) is 5.94. The lowest BCUT2D eigenvalue weighted by Gasteiger charge is -2.23. The van der Waals surface area contributed by atoms with E-state index in [-0.39, 0.29) is 5.69 Å². The molecule has 0 aliphatic carbocycles. The smallest absolute Gasteiger partial charge is 0.328 e. The molecule has 0 bridgehead atoms. The maximum Gasteiger partial charge on any atom is 0.328 e. The number of likely N-dealkylation sites (N-methyl/N-ethyl adjacent to an activating group) is 1. The van der Waals surface area contributed by atoms with E-state index in [1.54, 1.807) is 10.8 Å². The Kier molecular flexibility index (Phi) is 4.73. The summed E-state index contributed by atoms with van der Waals surface area (Å²) in [7, 11) is 1.99. The first-order chi connectivity index (χ1) is 12.5. The summed E-state index contributed by atoms with van der Waals surface area (Å²) >= 11 is 9.74. The molecule has 2 aromatic heterocycles. The Bertz CT molecular complexity index is 1010. The van der Waals surface area contributed by atoms with Crippen LogP contribution in [-0.2, 0) is 6.54 Å². The number of nitrogens with one attached hydrogen (secondary N) is 2. The van der Waals surface area contributed by atoms with E-state index in [4.69, 9.17) is 11.6 Å². The highest BCUT2D eigenvalue weighted by atomic mass is 79.9. The van der Waals surface area contributed by atoms with Crippen LogP contribution in [0, 0.1) is 0 Å². The van der Waals surface area contributed by atoms with Gasteiger partial charge in [0.1, 0.15) is 5.52 Å². The second-order valence-corrected chi connectivity index (χ2v) is 7.74. The van der Waals surface area contributed by atoms with Gasteiger partial charge in [0.2, 0.25) is 5.95 Å². The first-order valence-electron chi connectivity index (χ1n) is 8.36. The van der Waals surface area contributed by atoms with Crippen LogP contribution < -0.4 is 15.9 Å². The van der Waals surface area contributed by atoms with Gasteiger partial charge in [0.25, 0.3) is 0 Å². The number of rotatable bonds is 4. The van der Waals surface area contributed by atoms with Gasteiger partial charge in [0, 0.05) is 29.1 Å². The molecule has 136 valence electrons. The number of nitrogens with zero attached hydrogens (tertiary/aromatic N) is 4. The zero-order chi connectivity index (χ0) is 18.3. The maximum absolute atomic E-state index is 12.4. The quantitative estimate of drug-likeness (QED) is 0.655. The van der Waals surface area contributed by atoms with Crippen molar-refractivity contribution in [3.63, 3.8) is 0 Å². The lowest BCUT2D eigenvalue weighted by Crippen LogP contribution is -2.34. The number of hydrogen-bond acceptors (Lipinski definition) is 5. The molecule has 0 radical (unpaired) electrons. The van der Waals surface area contributed by atoms with Crippen molar-refractivity contribution < 1.29 is 0 Å². The highest BCUT2D eigenvalue weighted by Crippen LogP contribution is 2.23. The molecule has 7 nitrogen and oxygen atoms in total. The number of aromatic amines is 1. The molecule has 0 saturated carbocycles. The van der Waals surface area contributed by atoms with Crippen molar-refractivity contribution in [3.05, 3.63) is 49.9 Å². The molecule has 1 aliphatic rings. The molecule has 9 heteroatoms. The Labute approximate surface area is 163 Å². The lowest BCUT2D eigenvalue weighted by molar-refractivity contribution is 0.668. The average Bonchev–Trinajstić information content (AvgIpc) is 3.26. The zero-order valence-electron chi connectivity index (χ0n) is 14.2. The maximum atomic E-state index is 12.4. The molecule has 1 atom stereocenters. The van der Waals surface area contributed by atoms with Gasteiger partial charge < -0.3 is 15.2 Å². The van der Waals surface area contributed by atoms with Crippen LogP contribution >= 0.6 is 27.5 Å². The molecule has 1 aliphatic heterocycles. The second kappa shape index (κ2) is 7.02. The first kappa shape index (κ1) is 17.5. The zero-order valence-corrected chi connectivity index (χ0v) is 16.5. The summed E-state index contributed by atoms with van der Waals surface area (Å²) in [5, 5.41) is 3.95. The number of aromatic nitrogens is 4. The van der Waals surface area contributed by atoms with Gasteiger partial charge in [-0.05, 0) is 36.7 Å². The predicted octanol–water partition coefficient (Wildman–Crippen LogP) is 2.38. The molecule has 26 heavy (non-hydrogen) atoms. The fourth-order valence-electron chi connectivity index (χ4n) is 3.22. The van der Waals surface area contributed by atoms with E-state index in [1.807, 2.05) is 25.2 Å². The number of benzene rings is 1. The average molecular weight is 438 g/mol. The molecular weight excluding hydrogens is 420 g/mol. The fraction of sp³-hybridized carbons (Fsp3) is 0.353. The van der Waals surface area contributed by atoms with E-state index >= 15 is 0 Å². The summed E-state index contributed by atoms with van der Waals surface area (Å²) in [6.45, 7) is 2.24. The van der Waals surface area contributed by atoms with Gasteiger partial charge >= 0.3 is 5.69 Å². The van der Waals surface area contributed by atoms with E-state index in [1.165, 1.54) is 0 Å². The Balaban J connectivity index is 1.74. The molecule has 0 spiro atoms. The van der Waals surface area contributed by atoms with Crippen molar-refractivity contribution in [2.24, 2.45) is 0 Å². The van der Waals surface area contributed by atoms with Crippen molar-refractivity contribution in [2.45, 2.75) is 19.0 Å². The highest BCUT2D eigenvalue weighted by Gasteiger charge is 2.22. The minimum atomic E-state index is -0.229. The van der Waals surface area contributed by atoms with Gasteiger partial charge in [-0.25, -0.2) is 9.78 Å². The Morgan fingerprint density at radius 2 is 2.31 bits per heavy atom. The van der Waals surface area contributed by atoms with Gasteiger partial charge in [-0.2, -0.15) is 4.98 Å². The van der Waals surface area contributed by atoms with Gasteiger partial charge in [0.05, 0.1) is 12.7 Å². The van der Waals surface area contributed by atoms with E-state index in [0.29, 0.717) is 34.7 Å². The first-order valence-corrected chi connectivity index (χ1v) is 9.53. The van der Waals surface area contributed by atoms with E-state index in [2.05, 4.69) is 41.1 Å². The minimum Gasteiger partial charge on any atom is -0.340 e. The van der Waals surface area contributed by atoms with Crippen LogP contribution in [0.5, 0.6) is 0 Å². The molecule has 3 heterocycles. The molecule has 0 amide bonds. The monoisotopic (exact) mass is 436 g/mol. The van der Waals surface area contributed by atoms with Gasteiger partial charge in [-0.3, -0.25) is 4.57 Å². The minimum absolute atomic E-state index is 0.229. The normalized spacial score (nSPS) is 17.1. The number of imidazole rings is 1. The van der Waals surface area contributed by atoms with Gasteiger partial charge in [0.15, 0.2) is 5.65 Å². The molecule has 1 saturated heterocycles. The fourth-order valence-corrected chi connectivity index (χ4v) is 3.81. The molecule has 2 N–H and O–H groups in total. The molecule has 0 unspecified atom stereocenters. The van der Waals surface area contributed by atoms with E-state index in [9.17, 15) is 4.79 Å². The number of hydrogen-bond donors (Lipinski definition) is 2. The van der Waals surface area contributed by atoms with Crippen molar-refractivity contribution >= 4 is 44.6 Å². The standard InChI is InChI=1S/C17H18BrClN6O/c1-24(12-4-5-20-7-12)16-21-8-14-15(23-16)25(17(26)22-14)9-10-6-11(18)2-3-13(10)19/h2-3,6,8,12,20H,4-5,7,9H2,1H3,(H,22,26)/t12-/m1/s1. The molecule has 4 rings (SSSR count). The third-order valence-corrected chi connectivity index (χ3v) is 5.59. The largest absolute Gasteiger partial charge is 0.340 e. The summed E-state index contributed by atoms with van der Waals surface area (Å²) in [5.74, 6) is 0.610. The molecule has 1 aromatic carbocycles. The van der Waals surface area contributed by atoms with Crippen molar-refractivity contribution in [1.29, 1.82) is 0 Å². The number of anilines is 1. The van der Waals surface area contributed by atoms with Crippen molar-refractivity contribution in [2.75, 3.05) is 25.0 Å². The molecule has 3 aromatic rings. The summed E-state index contributed by atoms with van der Waals surface area (Å²) in [5.41, 5.74) is 1.81. The van der Waals surface area contributed by atoms with Crippen LogP contribution in [0.25, 0.3) is 11.2 Å². The Hall–Kier alpha value is -1.90. The van der Waals surface area contributed by atoms with Crippen molar-refractivity contribution in [1.82, 2.24) is 24.8 Å². The third-order valence-electron chi connectivity index (χ3n) is 4.73. The Morgan fingerprint density at radius 3 is 3.08 bits per heavy atom. The summed E-state index contributed by atoms with van der Waals surface area (Å²) in [4.78, 5) is 26.4. The van der Waals surface area contributed by atoms with Crippen LogP contribution in [0.3, 0.4) is 0 Å². The third kappa shape index (κ3) is 3.24. The Morgan fingerprint density at radius 1 is 1.46 bits per heavy atom. The topological polar surface area (TPSA) is 78.8 Å². The van der Waals surface area contributed by atoms with Crippen LogP contribution in [0.4, 0.5) is 5.95 Å². The number of H-pyrrole nitrogens is 1. The van der Waals surface area contributed by atoms with Crippen LogP contribution in [-0.4, -0.2) is 45.7 Å². The molecule has 1 fully saturated rings. The number of halogens is 2. The second-order valence-electron chi connectivity index (χ2n) is 6.42. The summed E-state index contributed by atoms with van der Waals surface area (Å²) < 4.78 is 2.50. The number of fused-ring (bicyclic) bond motifs is 1. The van der Waals surface area contributed by atoms with E-state index < -0.39 is 0 Å². The highest BCUT2D eigenvalue weighted by molar-refractivity contribution is 9.10. The summed E-state index contributed by atoms with van der Waals surface area (Å²) in [6.07, 6.45) is 2.71. The van der Waals surface area contributed by atoms with Gasteiger partial charge in [-0.15, -0.1) is 0 Å². The van der Waals surface area contributed by atoms with Crippen LogP contribution in [0.1, 0.15) is 12.0 Å². The van der Waals surface area contributed by atoms with E-state index in [0.717, 1.165) is 29.5 Å². The van der Waals surface area contributed by atoms with Crippen LogP contribution in [0.2, 0.25) is 5.02 Å². The SMILES string of the molecule is CN(c1ncc2[nH]c(=O)n(Cc3cc(Br)ccc3Cl)c2n1)[C@@H]1CCNC1. The van der Waals surface area contributed by atoms with Crippen LogP contribution in [0.15, 0.2) is 33.7 Å². The predicted molar refractivity (Wildman–Crippen MR) is 106 cm³/mol. The molecular formula is C17H18BrClN6O. The lowest BCUT2D eigenvalue weighted by atomic mass is 10.2. The van der Waals surface area contributed by atoms with Crippen molar-refractivity contribution in [3.8, 4) is 0 Å². The van der Waals surface area contributed by atoms with Gasteiger partial charge in [-0.1, -0.05) is 27.5 Å².